The molecule has 0 aromatic heterocycles. The third kappa shape index (κ3) is 4.03. The molecule has 2 fully saturated rings. The second kappa shape index (κ2) is 8.46. The summed E-state index contributed by atoms with van der Waals surface area (Å²) in [6.07, 6.45) is 4.01. The summed E-state index contributed by atoms with van der Waals surface area (Å²) in [5.41, 5.74) is 3.86. The first-order valence-corrected chi connectivity index (χ1v) is 11.6. The summed E-state index contributed by atoms with van der Waals surface area (Å²) in [4.78, 5) is 53.4. The summed E-state index contributed by atoms with van der Waals surface area (Å²) in [5.74, 6) is -0.485. The van der Waals surface area contributed by atoms with Crippen LogP contribution in [-0.2, 0) is 20.8 Å². The van der Waals surface area contributed by atoms with Crippen LogP contribution >= 0.6 is 0 Å². The Kier molecular flexibility index (Phi) is 5.48. The fourth-order valence-corrected chi connectivity index (χ4v) is 4.85. The van der Waals surface area contributed by atoms with Crippen molar-refractivity contribution < 1.29 is 19.2 Å². The monoisotopic (exact) mass is 445 g/mol. The number of nitrogens with zero attached hydrogens (tertiary/aromatic N) is 2. The van der Waals surface area contributed by atoms with Crippen molar-refractivity contribution in [1.29, 1.82) is 0 Å². The van der Waals surface area contributed by atoms with E-state index in [2.05, 4.69) is 5.32 Å². The molecular formula is C26H27N3O4. The van der Waals surface area contributed by atoms with Gasteiger partial charge in [-0.05, 0) is 62.1 Å². The van der Waals surface area contributed by atoms with Crippen molar-refractivity contribution >= 4 is 40.6 Å². The van der Waals surface area contributed by atoms with E-state index in [0.29, 0.717) is 24.3 Å². The van der Waals surface area contributed by atoms with Crippen LogP contribution in [0, 0.1) is 11.8 Å². The molecule has 1 atom stereocenters. The molecule has 3 amide bonds. The Hall–Kier alpha value is -3.48. The van der Waals surface area contributed by atoms with Crippen LogP contribution in [0.3, 0.4) is 0 Å². The fourth-order valence-electron chi connectivity index (χ4n) is 4.85. The van der Waals surface area contributed by atoms with Gasteiger partial charge in [0.1, 0.15) is 0 Å². The Morgan fingerprint density at radius 2 is 1.85 bits per heavy atom. The fraction of sp³-hybridized carbons (Fsp3) is 0.385. The summed E-state index contributed by atoms with van der Waals surface area (Å²) >= 11 is 0. The quantitative estimate of drug-likeness (QED) is 0.713. The van der Waals surface area contributed by atoms with Crippen molar-refractivity contribution in [2.45, 2.75) is 39.0 Å². The standard InChI is InChI=1S/C26H27N3O4/c1-16(30)18-6-3-7-21(12-18)27-25(32)20-14-24(31)29(15-20)22-8-9-23-19(13-22)10-11-28(23)26(33)17-4-2-5-17/h3,6-9,12-13,17,20H,2,4-5,10-11,14-15H2,1H3,(H,27,32)/t20-/m1/s1. The number of hydrogen-bond donors (Lipinski definition) is 1. The molecule has 0 radical (unpaired) electrons. The van der Waals surface area contributed by atoms with Crippen molar-refractivity contribution in [2.75, 3.05) is 28.2 Å². The van der Waals surface area contributed by atoms with Gasteiger partial charge in [0, 0.05) is 48.1 Å². The highest BCUT2D eigenvalue weighted by Gasteiger charge is 2.37. The van der Waals surface area contributed by atoms with E-state index in [1.807, 2.05) is 23.1 Å². The zero-order valence-electron chi connectivity index (χ0n) is 18.7. The summed E-state index contributed by atoms with van der Waals surface area (Å²) in [7, 11) is 0. The van der Waals surface area contributed by atoms with Crippen LogP contribution < -0.4 is 15.1 Å². The number of carbonyl (C=O) groups is 4. The van der Waals surface area contributed by atoms with Gasteiger partial charge in [0.2, 0.25) is 17.7 Å². The normalized spacial score (nSPS) is 19.9. The van der Waals surface area contributed by atoms with Crippen molar-refractivity contribution in [1.82, 2.24) is 0 Å². The van der Waals surface area contributed by atoms with Gasteiger partial charge in [-0.25, -0.2) is 0 Å². The number of amides is 3. The largest absolute Gasteiger partial charge is 0.326 e. The molecule has 1 N–H and O–H groups in total. The lowest BCUT2D eigenvalue weighted by Crippen LogP contribution is -2.37. The second-order valence-corrected chi connectivity index (χ2v) is 9.21. The van der Waals surface area contributed by atoms with Gasteiger partial charge in [-0.15, -0.1) is 0 Å². The number of fused-ring (bicyclic) bond motifs is 1. The molecule has 1 saturated carbocycles. The molecule has 0 unspecified atom stereocenters. The van der Waals surface area contributed by atoms with Crippen LogP contribution in [0.5, 0.6) is 0 Å². The van der Waals surface area contributed by atoms with Gasteiger partial charge in [-0.1, -0.05) is 18.6 Å². The second-order valence-electron chi connectivity index (χ2n) is 9.21. The molecule has 1 saturated heterocycles. The average Bonchev–Trinajstić information content (AvgIpc) is 3.35. The summed E-state index contributed by atoms with van der Waals surface area (Å²) in [5, 5.41) is 2.84. The zero-order chi connectivity index (χ0) is 23.1. The maximum Gasteiger partial charge on any atom is 0.230 e. The summed E-state index contributed by atoms with van der Waals surface area (Å²) in [6, 6.07) is 12.6. The first kappa shape index (κ1) is 21.4. The molecule has 3 aliphatic rings. The molecule has 33 heavy (non-hydrogen) atoms. The third-order valence-corrected chi connectivity index (χ3v) is 7.02. The lowest BCUT2D eigenvalue weighted by atomic mass is 9.84. The topological polar surface area (TPSA) is 86.8 Å². The number of carbonyl (C=O) groups excluding carboxylic acids is 4. The third-order valence-electron chi connectivity index (χ3n) is 7.02. The highest BCUT2D eigenvalue weighted by Crippen LogP contribution is 2.37. The Morgan fingerprint density at radius 1 is 1.03 bits per heavy atom. The van der Waals surface area contributed by atoms with Crippen molar-refractivity contribution in [3.05, 3.63) is 53.6 Å². The highest BCUT2D eigenvalue weighted by molar-refractivity contribution is 6.04. The van der Waals surface area contributed by atoms with E-state index in [1.165, 1.54) is 6.92 Å². The van der Waals surface area contributed by atoms with E-state index in [0.717, 1.165) is 42.6 Å². The minimum atomic E-state index is -0.469. The van der Waals surface area contributed by atoms with Crippen molar-refractivity contribution in [3.8, 4) is 0 Å². The molecule has 2 aromatic carbocycles. The number of ketones is 1. The van der Waals surface area contributed by atoms with Crippen LogP contribution in [0.4, 0.5) is 17.1 Å². The molecule has 2 aliphatic heterocycles. The maximum atomic E-state index is 12.8. The van der Waals surface area contributed by atoms with E-state index < -0.39 is 5.92 Å². The van der Waals surface area contributed by atoms with E-state index in [4.69, 9.17) is 0 Å². The van der Waals surface area contributed by atoms with Gasteiger partial charge in [0.15, 0.2) is 5.78 Å². The predicted molar refractivity (Wildman–Crippen MR) is 125 cm³/mol. The van der Waals surface area contributed by atoms with E-state index in [-0.39, 0.29) is 35.8 Å². The number of benzene rings is 2. The van der Waals surface area contributed by atoms with E-state index in [1.54, 1.807) is 29.2 Å². The summed E-state index contributed by atoms with van der Waals surface area (Å²) < 4.78 is 0. The molecule has 7 heteroatoms. The van der Waals surface area contributed by atoms with E-state index >= 15 is 0 Å². The number of anilines is 3. The highest BCUT2D eigenvalue weighted by atomic mass is 16.2. The number of Topliss-reactive ketones (excluding diaryl/α,β-unsaturated/α-hetero) is 1. The molecule has 0 spiro atoms. The number of nitrogens with one attached hydrogen (secondary N) is 1. The Labute approximate surface area is 192 Å². The molecule has 170 valence electrons. The molecule has 5 rings (SSSR count). The summed E-state index contributed by atoms with van der Waals surface area (Å²) in [6.45, 7) is 2.47. The molecular weight excluding hydrogens is 418 g/mol. The lowest BCUT2D eigenvalue weighted by molar-refractivity contribution is -0.124. The maximum absolute atomic E-state index is 12.8. The Balaban J connectivity index is 1.27. The number of rotatable bonds is 5. The molecule has 0 bridgehead atoms. The number of hydrogen-bond acceptors (Lipinski definition) is 4. The Morgan fingerprint density at radius 3 is 2.58 bits per heavy atom. The first-order valence-electron chi connectivity index (χ1n) is 11.6. The van der Waals surface area contributed by atoms with Crippen LogP contribution in [0.2, 0.25) is 0 Å². The van der Waals surface area contributed by atoms with Gasteiger partial charge in [0.05, 0.1) is 5.92 Å². The van der Waals surface area contributed by atoms with Gasteiger partial charge < -0.3 is 15.1 Å². The Bertz CT molecular complexity index is 1150. The first-order chi connectivity index (χ1) is 15.9. The smallest absolute Gasteiger partial charge is 0.230 e. The van der Waals surface area contributed by atoms with Crippen molar-refractivity contribution in [2.24, 2.45) is 11.8 Å². The molecule has 2 aromatic rings. The average molecular weight is 446 g/mol. The van der Waals surface area contributed by atoms with Crippen molar-refractivity contribution in [3.63, 3.8) is 0 Å². The minimum absolute atomic E-state index is 0.0714. The zero-order valence-corrected chi connectivity index (χ0v) is 18.7. The molecule has 2 heterocycles. The lowest BCUT2D eigenvalue weighted by Gasteiger charge is -2.29. The van der Waals surface area contributed by atoms with Gasteiger partial charge in [-0.2, -0.15) is 0 Å². The van der Waals surface area contributed by atoms with Gasteiger partial charge in [0.25, 0.3) is 0 Å². The van der Waals surface area contributed by atoms with E-state index in [9.17, 15) is 19.2 Å². The minimum Gasteiger partial charge on any atom is -0.326 e. The van der Waals surface area contributed by atoms with Crippen LogP contribution in [0.1, 0.15) is 48.5 Å². The van der Waals surface area contributed by atoms with Crippen LogP contribution in [-0.4, -0.2) is 36.6 Å². The molecule has 1 aliphatic carbocycles. The SMILES string of the molecule is CC(=O)c1cccc(NC(=O)[C@@H]2CC(=O)N(c3ccc4c(c3)CCN4C(=O)C3CCC3)C2)c1. The van der Waals surface area contributed by atoms with Gasteiger partial charge >= 0.3 is 0 Å². The van der Waals surface area contributed by atoms with Crippen LogP contribution in [0.25, 0.3) is 0 Å². The molecule has 7 nitrogen and oxygen atoms in total. The predicted octanol–water partition coefficient (Wildman–Crippen LogP) is 3.57. The van der Waals surface area contributed by atoms with Crippen LogP contribution in [0.15, 0.2) is 42.5 Å². The van der Waals surface area contributed by atoms with Gasteiger partial charge in [-0.3, -0.25) is 19.2 Å².